The van der Waals surface area contributed by atoms with Crippen molar-refractivity contribution in [3.63, 3.8) is 0 Å². The third kappa shape index (κ3) is 3.13. The van der Waals surface area contributed by atoms with Gasteiger partial charge in [0.2, 0.25) is 10.0 Å². The van der Waals surface area contributed by atoms with Crippen LogP contribution >= 0.6 is 0 Å². The highest BCUT2D eigenvalue weighted by molar-refractivity contribution is 7.89. The molecule has 5 nitrogen and oxygen atoms in total. The summed E-state index contributed by atoms with van der Waals surface area (Å²) in [7, 11) is -3.73. The van der Waals surface area contributed by atoms with Crippen LogP contribution in [0.15, 0.2) is 59.5 Å². The van der Waals surface area contributed by atoms with Gasteiger partial charge in [-0.05, 0) is 31.5 Å². The van der Waals surface area contributed by atoms with Crippen molar-refractivity contribution in [1.29, 1.82) is 0 Å². The number of carbonyl (C=O) groups is 1. The zero-order valence-electron chi connectivity index (χ0n) is 13.5. The topological polar surface area (TPSA) is 63.7 Å². The molecule has 2 aromatic rings. The predicted octanol–water partition coefficient (Wildman–Crippen LogP) is 3.00. The Morgan fingerprint density at radius 1 is 1.12 bits per heavy atom. The minimum absolute atomic E-state index is 0.111. The van der Waals surface area contributed by atoms with Crippen LogP contribution in [0.4, 0.5) is 0 Å². The highest BCUT2D eigenvalue weighted by Gasteiger charge is 2.39. The highest BCUT2D eigenvalue weighted by Crippen LogP contribution is 2.33. The van der Waals surface area contributed by atoms with E-state index in [1.165, 1.54) is 23.4 Å². The molecule has 126 valence electrons. The van der Waals surface area contributed by atoms with Gasteiger partial charge >= 0.3 is 0 Å². The lowest BCUT2D eigenvalue weighted by atomic mass is 10.1. The van der Waals surface area contributed by atoms with Crippen molar-refractivity contribution in [3.8, 4) is 0 Å². The summed E-state index contributed by atoms with van der Waals surface area (Å²) in [4.78, 5) is 11.6. The van der Waals surface area contributed by atoms with Gasteiger partial charge in [0.05, 0.1) is 11.0 Å². The Kier molecular flexibility index (Phi) is 4.54. The van der Waals surface area contributed by atoms with Gasteiger partial charge in [-0.15, -0.1) is 0 Å². The number of benzene rings is 2. The average Bonchev–Trinajstić information content (AvgIpc) is 2.98. The van der Waals surface area contributed by atoms with Crippen molar-refractivity contribution in [2.24, 2.45) is 0 Å². The van der Waals surface area contributed by atoms with E-state index in [0.29, 0.717) is 5.56 Å². The van der Waals surface area contributed by atoms with E-state index in [9.17, 15) is 13.2 Å². The Morgan fingerprint density at radius 3 is 2.50 bits per heavy atom. The van der Waals surface area contributed by atoms with Crippen LogP contribution in [0.2, 0.25) is 0 Å². The van der Waals surface area contributed by atoms with E-state index in [4.69, 9.17) is 4.74 Å². The lowest BCUT2D eigenvalue weighted by Crippen LogP contribution is -2.34. The van der Waals surface area contributed by atoms with Crippen molar-refractivity contribution in [2.45, 2.75) is 31.1 Å². The van der Waals surface area contributed by atoms with Crippen molar-refractivity contribution in [3.05, 3.63) is 65.7 Å². The minimum Gasteiger partial charge on any atom is -0.353 e. The van der Waals surface area contributed by atoms with Crippen molar-refractivity contribution >= 4 is 15.8 Å². The summed E-state index contributed by atoms with van der Waals surface area (Å²) in [5.41, 5.74) is 1.32. The normalized spacial score (nSPS) is 21.8. The lowest BCUT2D eigenvalue weighted by Gasteiger charge is -2.19. The molecule has 2 unspecified atom stereocenters. The standard InChI is InChI=1S/C18H19NO4S/c1-13(20)16-9-6-10-17(11-16)24(21,22)19-12-18(23-14(19)2)15-7-4-3-5-8-15/h3-11,14,18H,12H2,1-2H3. The Bertz CT molecular complexity index is 848. The smallest absolute Gasteiger partial charge is 0.245 e. The molecule has 1 heterocycles. The molecule has 0 aromatic heterocycles. The summed E-state index contributed by atoms with van der Waals surface area (Å²) in [6.07, 6.45) is -0.867. The SMILES string of the molecule is CC(=O)c1cccc(S(=O)(=O)N2CC(c3ccccc3)OC2C)c1. The van der Waals surface area contributed by atoms with E-state index in [-0.39, 0.29) is 23.3 Å². The lowest BCUT2D eigenvalue weighted by molar-refractivity contribution is 0.0344. The zero-order chi connectivity index (χ0) is 17.3. The van der Waals surface area contributed by atoms with E-state index in [0.717, 1.165) is 5.56 Å². The molecule has 0 spiro atoms. The number of nitrogens with zero attached hydrogens (tertiary/aromatic N) is 1. The molecule has 3 rings (SSSR count). The second-order valence-electron chi connectivity index (χ2n) is 5.79. The van der Waals surface area contributed by atoms with Crippen LogP contribution in [0.5, 0.6) is 0 Å². The molecule has 1 saturated heterocycles. The average molecular weight is 345 g/mol. The summed E-state index contributed by atoms with van der Waals surface area (Å²) < 4.78 is 33.0. The molecule has 0 aliphatic carbocycles. The van der Waals surface area contributed by atoms with Gasteiger partial charge in [0, 0.05) is 12.1 Å². The second kappa shape index (κ2) is 6.47. The van der Waals surface area contributed by atoms with E-state index in [2.05, 4.69) is 0 Å². The summed E-state index contributed by atoms with van der Waals surface area (Å²) >= 11 is 0. The van der Waals surface area contributed by atoms with E-state index < -0.39 is 16.3 Å². The fourth-order valence-electron chi connectivity index (χ4n) is 2.82. The monoisotopic (exact) mass is 345 g/mol. The van der Waals surface area contributed by atoms with Gasteiger partial charge < -0.3 is 4.74 Å². The number of Topliss-reactive ketones (excluding diaryl/α,β-unsaturated/α-hetero) is 1. The highest BCUT2D eigenvalue weighted by atomic mass is 32.2. The van der Waals surface area contributed by atoms with Crippen LogP contribution in [0.25, 0.3) is 0 Å². The number of hydrogen-bond acceptors (Lipinski definition) is 4. The van der Waals surface area contributed by atoms with Crippen LogP contribution in [0, 0.1) is 0 Å². The molecule has 0 N–H and O–H groups in total. The largest absolute Gasteiger partial charge is 0.353 e. The number of carbonyl (C=O) groups excluding carboxylic acids is 1. The molecule has 2 aromatic carbocycles. The van der Waals surface area contributed by atoms with Crippen LogP contribution in [-0.2, 0) is 14.8 Å². The van der Waals surface area contributed by atoms with E-state index in [1.54, 1.807) is 19.1 Å². The molecular weight excluding hydrogens is 326 g/mol. The van der Waals surface area contributed by atoms with Gasteiger partial charge in [-0.1, -0.05) is 42.5 Å². The van der Waals surface area contributed by atoms with Crippen molar-refractivity contribution < 1.29 is 17.9 Å². The number of ketones is 1. The fourth-order valence-corrected chi connectivity index (χ4v) is 4.39. The van der Waals surface area contributed by atoms with Gasteiger partial charge in [-0.2, -0.15) is 4.31 Å². The molecule has 6 heteroatoms. The molecular formula is C18H19NO4S. The predicted molar refractivity (Wildman–Crippen MR) is 90.1 cm³/mol. The van der Waals surface area contributed by atoms with Gasteiger partial charge in [0.25, 0.3) is 0 Å². The fraction of sp³-hybridized carbons (Fsp3) is 0.278. The van der Waals surface area contributed by atoms with Crippen LogP contribution in [-0.4, -0.2) is 31.3 Å². The maximum Gasteiger partial charge on any atom is 0.245 e. The zero-order valence-corrected chi connectivity index (χ0v) is 14.4. The van der Waals surface area contributed by atoms with Crippen molar-refractivity contribution in [1.82, 2.24) is 4.31 Å². The first-order chi connectivity index (χ1) is 11.4. The first-order valence-corrected chi connectivity index (χ1v) is 9.17. The van der Waals surface area contributed by atoms with Gasteiger partial charge in [0.15, 0.2) is 5.78 Å². The number of sulfonamides is 1. The number of ether oxygens (including phenoxy) is 1. The third-order valence-electron chi connectivity index (χ3n) is 4.13. The quantitative estimate of drug-likeness (QED) is 0.799. The number of rotatable bonds is 4. The maximum atomic E-state index is 12.9. The van der Waals surface area contributed by atoms with Gasteiger partial charge in [0.1, 0.15) is 6.23 Å². The first kappa shape index (κ1) is 16.8. The van der Waals surface area contributed by atoms with Crippen LogP contribution in [0.1, 0.15) is 35.9 Å². The van der Waals surface area contributed by atoms with Crippen molar-refractivity contribution in [2.75, 3.05) is 6.54 Å². The number of hydrogen-bond donors (Lipinski definition) is 0. The van der Waals surface area contributed by atoms with Gasteiger partial charge in [-0.25, -0.2) is 8.42 Å². The molecule has 0 radical (unpaired) electrons. The Morgan fingerprint density at radius 2 is 1.83 bits per heavy atom. The summed E-state index contributed by atoms with van der Waals surface area (Å²) in [5.74, 6) is -0.167. The van der Waals surface area contributed by atoms with E-state index in [1.807, 2.05) is 30.3 Å². The Balaban J connectivity index is 1.90. The van der Waals surface area contributed by atoms with Gasteiger partial charge in [-0.3, -0.25) is 4.79 Å². The summed E-state index contributed by atoms with van der Waals surface area (Å²) in [6, 6.07) is 15.7. The molecule has 1 aliphatic rings. The summed E-state index contributed by atoms with van der Waals surface area (Å²) in [5, 5.41) is 0. The summed E-state index contributed by atoms with van der Waals surface area (Å²) in [6.45, 7) is 3.38. The van der Waals surface area contributed by atoms with Crippen LogP contribution in [0.3, 0.4) is 0 Å². The molecule has 1 fully saturated rings. The molecule has 0 saturated carbocycles. The van der Waals surface area contributed by atoms with Crippen LogP contribution < -0.4 is 0 Å². The Hall–Kier alpha value is -2.02. The Labute approximate surface area is 141 Å². The first-order valence-electron chi connectivity index (χ1n) is 7.73. The molecule has 2 atom stereocenters. The molecule has 24 heavy (non-hydrogen) atoms. The minimum atomic E-state index is -3.73. The molecule has 0 amide bonds. The second-order valence-corrected chi connectivity index (χ2v) is 7.68. The van der Waals surface area contributed by atoms with E-state index >= 15 is 0 Å². The maximum absolute atomic E-state index is 12.9. The third-order valence-corrected chi connectivity index (χ3v) is 6.04. The molecule has 0 bridgehead atoms. The molecule has 1 aliphatic heterocycles.